The average molecular weight is 370 g/mol. The molecule has 0 spiro atoms. The van der Waals surface area contributed by atoms with Crippen LogP contribution in [-0.4, -0.2) is 60.3 Å². The first-order chi connectivity index (χ1) is 13.2. The van der Waals surface area contributed by atoms with Gasteiger partial charge in [0.05, 0.1) is 19.2 Å². The van der Waals surface area contributed by atoms with Gasteiger partial charge in [-0.2, -0.15) is 10.5 Å². The molecular weight excluding hydrogens is 344 g/mol. The molecule has 0 aromatic carbocycles. The van der Waals surface area contributed by atoms with Gasteiger partial charge in [0.2, 0.25) is 0 Å². The van der Waals surface area contributed by atoms with E-state index in [0.29, 0.717) is 12.4 Å². The maximum absolute atomic E-state index is 9.57. The number of nitriles is 2. The first-order valence-electron chi connectivity index (χ1n) is 9.41. The molecule has 0 atom stereocenters. The van der Waals surface area contributed by atoms with E-state index in [4.69, 9.17) is 14.9 Å². The molecule has 3 N–H and O–H groups in total. The molecule has 0 saturated carbocycles. The van der Waals surface area contributed by atoms with E-state index in [0.717, 1.165) is 70.2 Å². The molecule has 1 aromatic heterocycles. The second-order valence-electron chi connectivity index (χ2n) is 6.91. The van der Waals surface area contributed by atoms with Crippen LogP contribution in [0, 0.1) is 22.7 Å². The van der Waals surface area contributed by atoms with Crippen LogP contribution in [0.15, 0.2) is 27.9 Å². The second kappa shape index (κ2) is 9.43. The maximum atomic E-state index is 9.57. The summed E-state index contributed by atoms with van der Waals surface area (Å²) >= 11 is 0. The molecule has 1 aromatic rings. The zero-order chi connectivity index (χ0) is 19.1. The van der Waals surface area contributed by atoms with E-state index in [2.05, 4.69) is 15.5 Å². The highest BCUT2D eigenvalue weighted by molar-refractivity contribution is 5.39. The summed E-state index contributed by atoms with van der Waals surface area (Å²) in [5.41, 5.74) is 0.133. The molecule has 3 heterocycles. The van der Waals surface area contributed by atoms with Crippen molar-refractivity contribution in [3.63, 3.8) is 0 Å². The van der Waals surface area contributed by atoms with Crippen molar-refractivity contribution in [2.24, 2.45) is 0 Å². The number of allylic oxidation sites excluding steroid dienone is 1. The molecule has 0 unspecified atom stereocenters. The zero-order valence-electron chi connectivity index (χ0n) is 15.4. The van der Waals surface area contributed by atoms with Crippen molar-refractivity contribution in [3.8, 4) is 12.1 Å². The summed E-state index contributed by atoms with van der Waals surface area (Å²) in [4.78, 5) is 4.33. The van der Waals surface area contributed by atoms with E-state index in [1.165, 1.54) is 0 Å². The van der Waals surface area contributed by atoms with Gasteiger partial charge in [0.25, 0.3) is 0 Å². The first-order valence-corrected chi connectivity index (χ1v) is 9.41. The Kier molecular flexibility index (Phi) is 6.72. The summed E-state index contributed by atoms with van der Waals surface area (Å²) in [7, 11) is 0. The Labute approximate surface area is 159 Å². The largest absolute Gasteiger partial charge is 0.463 e. The van der Waals surface area contributed by atoms with Crippen molar-refractivity contribution >= 4 is 0 Å². The van der Waals surface area contributed by atoms with Gasteiger partial charge in [-0.1, -0.05) is 0 Å². The monoisotopic (exact) mass is 370 g/mol. The summed E-state index contributed by atoms with van der Waals surface area (Å²) in [5, 5.41) is 34.1. The van der Waals surface area contributed by atoms with Gasteiger partial charge in [-0.05, 0) is 25.0 Å². The lowest BCUT2D eigenvalue weighted by Crippen LogP contribution is -2.35. The summed E-state index contributed by atoms with van der Waals surface area (Å²) in [6.07, 6.45) is 1.50. The lowest BCUT2D eigenvalue weighted by molar-refractivity contribution is 0.0757. The van der Waals surface area contributed by atoms with Gasteiger partial charge in [0, 0.05) is 39.3 Å². The molecule has 2 aliphatic heterocycles. The maximum Gasteiger partial charge on any atom is 0.169 e. The van der Waals surface area contributed by atoms with Gasteiger partial charge < -0.3 is 25.1 Å². The van der Waals surface area contributed by atoms with Crippen molar-refractivity contribution in [2.75, 3.05) is 39.3 Å². The minimum Gasteiger partial charge on any atom is -0.463 e. The van der Waals surface area contributed by atoms with Crippen molar-refractivity contribution < 1.29 is 9.52 Å². The van der Waals surface area contributed by atoms with Gasteiger partial charge in [0.15, 0.2) is 5.57 Å². The van der Waals surface area contributed by atoms with Crippen LogP contribution in [0.5, 0.6) is 0 Å². The fourth-order valence-electron chi connectivity index (χ4n) is 3.46. The van der Waals surface area contributed by atoms with E-state index < -0.39 is 0 Å². The Morgan fingerprint density at radius 1 is 1.22 bits per heavy atom. The molecule has 0 aliphatic carbocycles. The molecular formula is C19H26N6O2. The van der Waals surface area contributed by atoms with E-state index in [1.54, 1.807) is 0 Å². The van der Waals surface area contributed by atoms with Gasteiger partial charge in [-0.15, -0.1) is 0 Å². The third-order valence-electron chi connectivity index (χ3n) is 4.96. The molecule has 8 heteroatoms. The number of likely N-dealkylation sites (tertiary alicyclic amines) is 1. The molecule has 2 fully saturated rings. The highest BCUT2D eigenvalue weighted by Gasteiger charge is 2.20. The number of rotatable bonds is 7. The normalized spacial score (nSPS) is 18.2. The Morgan fingerprint density at radius 2 is 1.96 bits per heavy atom. The topological polar surface area (TPSA) is 111 Å². The smallest absolute Gasteiger partial charge is 0.169 e. The van der Waals surface area contributed by atoms with Crippen LogP contribution in [0.1, 0.15) is 24.4 Å². The van der Waals surface area contributed by atoms with Gasteiger partial charge in [0.1, 0.15) is 29.5 Å². The molecule has 0 radical (unpaired) electrons. The number of hydrogen-bond donors (Lipinski definition) is 3. The molecule has 3 rings (SSSR count). The van der Waals surface area contributed by atoms with Gasteiger partial charge in [-0.3, -0.25) is 4.90 Å². The Hall–Kier alpha value is -2.52. The van der Waals surface area contributed by atoms with Crippen molar-refractivity contribution in [3.05, 3.63) is 35.0 Å². The summed E-state index contributed by atoms with van der Waals surface area (Å²) in [5.74, 6) is 2.48. The minimum atomic E-state index is -0.156. The van der Waals surface area contributed by atoms with Crippen LogP contribution in [-0.2, 0) is 13.1 Å². The van der Waals surface area contributed by atoms with E-state index in [1.807, 2.05) is 29.2 Å². The Bertz CT molecular complexity index is 720. The molecule has 144 valence electrons. The first kappa shape index (κ1) is 19.2. The van der Waals surface area contributed by atoms with Crippen LogP contribution < -0.4 is 10.6 Å². The number of piperidine rings is 1. The molecule has 8 nitrogen and oxygen atoms in total. The molecule has 0 amide bonds. The van der Waals surface area contributed by atoms with Crippen LogP contribution in [0.2, 0.25) is 0 Å². The average Bonchev–Trinajstić information content (AvgIpc) is 3.32. The number of aliphatic hydroxyl groups is 1. The van der Waals surface area contributed by atoms with Crippen LogP contribution in [0.4, 0.5) is 0 Å². The molecule has 0 bridgehead atoms. The summed E-state index contributed by atoms with van der Waals surface area (Å²) in [6, 6.07) is 7.89. The fourth-order valence-corrected chi connectivity index (χ4v) is 3.46. The Morgan fingerprint density at radius 3 is 2.70 bits per heavy atom. The van der Waals surface area contributed by atoms with Crippen molar-refractivity contribution in [1.82, 2.24) is 20.4 Å². The fraction of sp³-hybridized carbons (Fsp3) is 0.579. The predicted octanol–water partition coefficient (Wildman–Crippen LogP) is 0.490. The predicted molar refractivity (Wildman–Crippen MR) is 98.8 cm³/mol. The van der Waals surface area contributed by atoms with E-state index in [-0.39, 0.29) is 11.7 Å². The molecule has 2 aliphatic rings. The quantitative estimate of drug-likeness (QED) is 0.470. The molecule has 2 saturated heterocycles. The minimum absolute atomic E-state index is 0.133. The standard InChI is InChI=1S/C19H26N6O2/c20-11-15(12-21)19-23-6-10-25(19)9-5-22-13-17-1-2-18(27-17)14-24-7-3-16(26)4-8-24/h1-2,16,22-23,26H,3-10,13-14H2. The number of furan rings is 1. The highest BCUT2D eigenvalue weighted by atomic mass is 16.3. The third kappa shape index (κ3) is 5.24. The van der Waals surface area contributed by atoms with E-state index >= 15 is 0 Å². The number of nitrogens with one attached hydrogen (secondary N) is 2. The Balaban J connectivity index is 1.40. The third-order valence-corrected chi connectivity index (χ3v) is 4.96. The lowest BCUT2D eigenvalue weighted by atomic mass is 10.1. The summed E-state index contributed by atoms with van der Waals surface area (Å²) in [6.45, 7) is 6.23. The van der Waals surface area contributed by atoms with Crippen LogP contribution in [0.3, 0.4) is 0 Å². The highest BCUT2D eigenvalue weighted by Crippen LogP contribution is 2.16. The second-order valence-corrected chi connectivity index (χ2v) is 6.91. The molecule has 27 heavy (non-hydrogen) atoms. The van der Waals surface area contributed by atoms with Gasteiger partial charge in [-0.25, -0.2) is 0 Å². The van der Waals surface area contributed by atoms with Crippen molar-refractivity contribution in [1.29, 1.82) is 10.5 Å². The lowest BCUT2D eigenvalue weighted by Gasteiger charge is -2.28. The van der Waals surface area contributed by atoms with E-state index in [9.17, 15) is 5.11 Å². The van der Waals surface area contributed by atoms with Gasteiger partial charge >= 0.3 is 0 Å². The van der Waals surface area contributed by atoms with Crippen LogP contribution >= 0.6 is 0 Å². The number of aliphatic hydroxyl groups excluding tert-OH is 1. The number of hydrogen-bond acceptors (Lipinski definition) is 8. The number of nitrogens with zero attached hydrogens (tertiary/aromatic N) is 4. The summed E-state index contributed by atoms with van der Waals surface area (Å²) < 4.78 is 5.89. The SMILES string of the molecule is N#CC(C#N)=C1NCCN1CCNCc1ccc(CN2CCC(O)CC2)o1. The van der Waals surface area contributed by atoms with Crippen molar-refractivity contribution in [2.45, 2.75) is 32.0 Å². The van der Waals surface area contributed by atoms with Crippen LogP contribution in [0.25, 0.3) is 0 Å². The zero-order valence-corrected chi connectivity index (χ0v) is 15.4.